The summed E-state index contributed by atoms with van der Waals surface area (Å²) in [5.41, 5.74) is 11.2. The van der Waals surface area contributed by atoms with Crippen LogP contribution in [-0.2, 0) is 0 Å². The number of aliphatic imine (C=N–C) groups is 1. The van der Waals surface area contributed by atoms with Crippen LogP contribution in [0.2, 0.25) is 0 Å². The number of hydrogen-bond donors (Lipinski definition) is 2. The summed E-state index contributed by atoms with van der Waals surface area (Å²) in [5.74, 6) is 1.04. The molecule has 0 fully saturated rings. The van der Waals surface area contributed by atoms with Gasteiger partial charge in [0.05, 0.1) is 0 Å². The average Bonchev–Trinajstić information content (AvgIpc) is 2.21. The Morgan fingerprint density at radius 3 is 1.74 bits per heavy atom. The number of nitrogens with two attached hydrogens (primary N) is 2. The van der Waals surface area contributed by atoms with E-state index >= 15 is 0 Å². The van der Waals surface area contributed by atoms with Crippen molar-refractivity contribution in [2.24, 2.45) is 33.2 Å². The largest absolute Gasteiger partial charge is 0.370 e. The number of rotatable bonds is 4. The molecule has 1 atom stereocenters. The minimum absolute atomic E-state index is 0.193. The Morgan fingerprint density at radius 1 is 1.05 bits per heavy atom. The molecule has 0 amide bonds. The van der Waals surface area contributed by atoms with Crippen LogP contribution >= 0.6 is 0 Å². The lowest BCUT2D eigenvalue weighted by atomic mass is 9.81. The minimum Gasteiger partial charge on any atom is -0.370 e. The second-order valence-corrected chi connectivity index (χ2v) is 7.65. The van der Waals surface area contributed by atoms with Crippen LogP contribution in [-0.4, -0.2) is 12.5 Å². The molecular formula is C16H37N3. The highest BCUT2D eigenvalue weighted by Gasteiger charge is 2.16. The molecule has 3 nitrogen and oxygen atoms in total. The third kappa shape index (κ3) is 17.3. The molecule has 3 heteroatoms. The first-order valence-electron chi connectivity index (χ1n) is 7.45. The molecule has 0 saturated carbocycles. The molecule has 4 N–H and O–H groups in total. The van der Waals surface area contributed by atoms with E-state index in [2.05, 4.69) is 60.4 Å². The highest BCUT2D eigenvalue weighted by Crippen LogP contribution is 2.27. The van der Waals surface area contributed by atoms with Crippen LogP contribution in [0.5, 0.6) is 0 Å². The Morgan fingerprint density at radius 2 is 1.53 bits per heavy atom. The molecule has 0 aromatic rings. The van der Waals surface area contributed by atoms with E-state index in [-0.39, 0.29) is 5.96 Å². The lowest BCUT2D eigenvalue weighted by molar-refractivity contribution is 0.254. The molecule has 0 aliphatic carbocycles. The van der Waals surface area contributed by atoms with Gasteiger partial charge in [-0.15, -0.1) is 0 Å². The molecule has 0 aromatic carbocycles. The van der Waals surface area contributed by atoms with Crippen molar-refractivity contribution in [3.63, 3.8) is 0 Å². The van der Waals surface area contributed by atoms with Crippen molar-refractivity contribution in [2.75, 3.05) is 6.54 Å². The second-order valence-electron chi connectivity index (χ2n) is 7.65. The predicted molar refractivity (Wildman–Crippen MR) is 88.3 cm³/mol. The van der Waals surface area contributed by atoms with Crippen LogP contribution in [0.4, 0.5) is 0 Å². The molecular weight excluding hydrogens is 234 g/mol. The summed E-state index contributed by atoms with van der Waals surface area (Å²) in [5, 5.41) is 0. The molecule has 0 aliphatic rings. The van der Waals surface area contributed by atoms with Gasteiger partial charge in [-0.25, -0.2) is 0 Å². The quantitative estimate of drug-likeness (QED) is 0.458. The molecule has 0 radical (unpaired) electrons. The number of nitrogens with zero attached hydrogens (tertiary/aromatic N) is 1. The molecule has 19 heavy (non-hydrogen) atoms. The summed E-state index contributed by atoms with van der Waals surface area (Å²) < 4.78 is 0. The van der Waals surface area contributed by atoms with E-state index < -0.39 is 0 Å². The normalized spacial score (nSPS) is 13.3. The third-order valence-corrected chi connectivity index (χ3v) is 3.47. The fraction of sp³-hybridized carbons (Fsp3) is 0.938. The number of hydrogen-bond acceptors (Lipinski definition) is 1. The van der Waals surface area contributed by atoms with Gasteiger partial charge in [0, 0.05) is 6.54 Å². The van der Waals surface area contributed by atoms with Crippen LogP contribution in [0, 0.1) is 16.7 Å². The van der Waals surface area contributed by atoms with Crippen LogP contribution in [0.1, 0.15) is 74.7 Å². The van der Waals surface area contributed by atoms with Gasteiger partial charge < -0.3 is 11.5 Å². The molecule has 0 heterocycles. The summed E-state index contributed by atoms with van der Waals surface area (Å²) in [6.45, 7) is 18.8. The van der Waals surface area contributed by atoms with Crippen molar-refractivity contribution >= 4 is 5.96 Å². The predicted octanol–water partition coefficient (Wildman–Crippen LogP) is 4.16. The van der Waals surface area contributed by atoms with Gasteiger partial charge in [-0.2, -0.15) is 0 Å². The van der Waals surface area contributed by atoms with Crippen molar-refractivity contribution in [3.05, 3.63) is 0 Å². The Kier molecular flexibility index (Phi) is 9.99. The first kappa shape index (κ1) is 20.6. The average molecular weight is 271 g/mol. The highest BCUT2D eigenvalue weighted by atomic mass is 15.0. The fourth-order valence-electron chi connectivity index (χ4n) is 1.43. The van der Waals surface area contributed by atoms with E-state index in [1.54, 1.807) is 0 Å². The van der Waals surface area contributed by atoms with Gasteiger partial charge in [0.2, 0.25) is 0 Å². The van der Waals surface area contributed by atoms with Crippen LogP contribution in [0.25, 0.3) is 0 Å². The summed E-state index contributed by atoms with van der Waals surface area (Å²) in [6.07, 6.45) is 3.51. The summed E-state index contributed by atoms with van der Waals surface area (Å²) in [6, 6.07) is 0. The topological polar surface area (TPSA) is 64.4 Å². The minimum atomic E-state index is 0.193. The maximum atomic E-state index is 5.17. The molecule has 0 rings (SSSR count). The Bertz CT molecular complexity index is 240. The van der Waals surface area contributed by atoms with Crippen LogP contribution in [0.15, 0.2) is 4.99 Å². The van der Waals surface area contributed by atoms with E-state index in [4.69, 9.17) is 11.5 Å². The summed E-state index contributed by atoms with van der Waals surface area (Å²) >= 11 is 0. The Hall–Kier alpha value is -0.730. The van der Waals surface area contributed by atoms with E-state index in [1.165, 1.54) is 6.42 Å². The lowest BCUT2D eigenvalue weighted by Crippen LogP contribution is -2.23. The van der Waals surface area contributed by atoms with Crippen molar-refractivity contribution in [1.29, 1.82) is 0 Å². The van der Waals surface area contributed by atoms with Crippen molar-refractivity contribution < 1.29 is 0 Å². The highest BCUT2D eigenvalue weighted by molar-refractivity contribution is 5.75. The fourth-order valence-corrected chi connectivity index (χ4v) is 1.43. The van der Waals surface area contributed by atoms with Crippen molar-refractivity contribution in [2.45, 2.75) is 74.7 Å². The van der Waals surface area contributed by atoms with Crippen molar-refractivity contribution in [3.8, 4) is 0 Å². The molecule has 0 unspecified atom stereocenters. The third-order valence-electron chi connectivity index (χ3n) is 3.47. The molecule has 0 aliphatic heterocycles. The second kappa shape index (κ2) is 9.22. The first-order chi connectivity index (χ1) is 8.40. The van der Waals surface area contributed by atoms with Gasteiger partial charge in [0.15, 0.2) is 5.96 Å². The van der Waals surface area contributed by atoms with Crippen LogP contribution < -0.4 is 11.5 Å². The van der Waals surface area contributed by atoms with Gasteiger partial charge >= 0.3 is 0 Å². The number of guanidine groups is 1. The van der Waals surface area contributed by atoms with Gasteiger partial charge in [-0.1, -0.05) is 61.8 Å². The van der Waals surface area contributed by atoms with Gasteiger partial charge in [0.25, 0.3) is 0 Å². The van der Waals surface area contributed by atoms with E-state index in [1.807, 2.05) is 0 Å². The zero-order valence-electron chi connectivity index (χ0n) is 14.5. The van der Waals surface area contributed by atoms with E-state index in [0.717, 1.165) is 25.3 Å². The molecule has 116 valence electrons. The maximum Gasteiger partial charge on any atom is 0.185 e. The SMILES string of the molecule is CC(C)(C)CCCN=C(N)N.CC[C@H](C)C(C)(C)C. The summed E-state index contributed by atoms with van der Waals surface area (Å²) in [4.78, 5) is 3.90. The van der Waals surface area contributed by atoms with E-state index in [0.29, 0.717) is 10.8 Å². The summed E-state index contributed by atoms with van der Waals surface area (Å²) in [7, 11) is 0. The standard InChI is InChI=1S/C8H19N3.C8H18/c1-8(2,3)5-4-6-11-7(9)10;1-6-7(2)8(3,4)5/h4-6H2,1-3H3,(H4,9,10,11);7H,6H2,1-5H3/t;7-/m.0/s1. The van der Waals surface area contributed by atoms with Gasteiger partial charge in [-0.05, 0) is 29.6 Å². The smallest absolute Gasteiger partial charge is 0.185 e. The lowest BCUT2D eigenvalue weighted by Gasteiger charge is -2.25. The van der Waals surface area contributed by atoms with E-state index in [9.17, 15) is 0 Å². The zero-order chi connectivity index (χ0) is 15.7. The molecule has 0 saturated heterocycles. The monoisotopic (exact) mass is 271 g/mol. The van der Waals surface area contributed by atoms with Gasteiger partial charge in [0.1, 0.15) is 0 Å². The van der Waals surface area contributed by atoms with Crippen molar-refractivity contribution in [1.82, 2.24) is 0 Å². The van der Waals surface area contributed by atoms with Crippen LogP contribution in [0.3, 0.4) is 0 Å². The first-order valence-corrected chi connectivity index (χ1v) is 7.45. The zero-order valence-corrected chi connectivity index (χ0v) is 14.5. The maximum absolute atomic E-state index is 5.17. The molecule has 0 aromatic heterocycles. The molecule has 0 spiro atoms. The van der Waals surface area contributed by atoms with Gasteiger partial charge in [-0.3, -0.25) is 4.99 Å². The molecule has 0 bridgehead atoms. The Labute approximate surface area is 121 Å². The Balaban J connectivity index is 0.